The number of carbonyl (C=O) groups is 2. The summed E-state index contributed by atoms with van der Waals surface area (Å²) in [5.41, 5.74) is 0.969. The number of carbonyl (C=O) groups excluding carboxylic acids is 2. The summed E-state index contributed by atoms with van der Waals surface area (Å²) in [6, 6.07) is 9.54. The van der Waals surface area contributed by atoms with Gasteiger partial charge in [-0.15, -0.1) is 0 Å². The standard InChI is InChI=1S/C15H21NO3/c1-2-11-16-14(17)9-6-10-15(18)19-12-13-7-4-3-5-8-13/h3-5,7-8H,2,6,9-12H2,1H3,(H,16,17). The van der Waals surface area contributed by atoms with Crippen molar-refractivity contribution < 1.29 is 14.3 Å². The van der Waals surface area contributed by atoms with Gasteiger partial charge in [0.05, 0.1) is 0 Å². The Balaban J connectivity index is 2.10. The lowest BCUT2D eigenvalue weighted by molar-refractivity contribution is -0.145. The van der Waals surface area contributed by atoms with E-state index in [2.05, 4.69) is 5.32 Å². The minimum atomic E-state index is -0.257. The van der Waals surface area contributed by atoms with Gasteiger partial charge in [0.1, 0.15) is 6.61 Å². The van der Waals surface area contributed by atoms with Crippen LogP contribution in [-0.4, -0.2) is 18.4 Å². The number of amides is 1. The summed E-state index contributed by atoms with van der Waals surface area (Å²) in [4.78, 5) is 22.8. The molecular weight excluding hydrogens is 242 g/mol. The SMILES string of the molecule is CCCNC(=O)CCCC(=O)OCc1ccccc1. The summed E-state index contributed by atoms with van der Waals surface area (Å²) in [6.45, 7) is 2.99. The Morgan fingerprint density at radius 3 is 2.58 bits per heavy atom. The first-order valence-corrected chi connectivity index (χ1v) is 6.68. The summed E-state index contributed by atoms with van der Waals surface area (Å²) < 4.78 is 5.12. The molecule has 0 saturated heterocycles. The molecule has 0 bridgehead atoms. The maximum Gasteiger partial charge on any atom is 0.306 e. The third-order valence-electron chi connectivity index (χ3n) is 2.60. The molecule has 0 atom stereocenters. The molecule has 0 unspecified atom stereocenters. The fraction of sp³-hybridized carbons (Fsp3) is 0.467. The molecule has 0 aliphatic heterocycles. The van der Waals surface area contributed by atoms with E-state index in [1.54, 1.807) is 0 Å². The Bertz CT molecular complexity index is 390. The first kappa shape index (κ1) is 15.2. The highest BCUT2D eigenvalue weighted by Gasteiger charge is 2.06. The number of esters is 1. The lowest BCUT2D eigenvalue weighted by atomic mass is 10.2. The van der Waals surface area contributed by atoms with Crippen LogP contribution in [0.1, 0.15) is 38.2 Å². The molecule has 19 heavy (non-hydrogen) atoms. The topological polar surface area (TPSA) is 55.4 Å². The van der Waals surface area contributed by atoms with E-state index in [0.29, 0.717) is 26.0 Å². The van der Waals surface area contributed by atoms with Gasteiger partial charge in [0, 0.05) is 19.4 Å². The van der Waals surface area contributed by atoms with Crippen molar-refractivity contribution in [1.82, 2.24) is 5.32 Å². The third-order valence-corrected chi connectivity index (χ3v) is 2.60. The van der Waals surface area contributed by atoms with Gasteiger partial charge in [-0.25, -0.2) is 0 Å². The Labute approximate surface area is 114 Å². The molecule has 0 fully saturated rings. The minimum absolute atomic E-state index is 0.00212. The van der Waals surface area contributed by atoms with Gasteiger partial charge >= 0.3 is 5.97 Å². The minimum Gasteiger partial charge on any atom is -0.461 e. The van der Waals surface area contributed by atoms with Gasteiger partial charge in [-0.2, -0.15) is 0 Å². The average molecular weight is 263 g/mol. The lowest BCUT2D eigenvalue weighted by Crippen LogP contribution is -2.23. The smallest absolute Gasteiger partial charge is 0.306 e. The normalized spacial score (nSPS) is 9.95. The van der Waals surface area contributed by atoms with Crippen LogP contribution >= 0.6 is 0 Å². The largest absolute Gasteiger partial charge is 0.461 e. The summed E-state index contributed by atoms with van der Waals surface area (Å²) in [6.07, 6.45) is 2.11. The van der Waals surface area contributed by atoms with E-state index in [4.69, 9.17) is 4.74 Å². The van der Waals surface area contributed by atoms with E-state index in [1.807, 2.05) is 37.3 Å². The number of hydrogen-bond donors (Lipinski definition) is 1. The monoisotopic (exact) mass is 263 g/mol. The second-order valence-corrected chi connectivity index (χ2v) is 4.35. The molecule has 0 aliphatic rings. The molecule has 0 heterocycles. The van der Waals surface area contributed by atoms with Crippen LogP contribution in [-0.2, 0) is 20.9 Å². The molecule has 0 spiro atoms. The van der Waals surface area contributed by atoms with Crippen molar-refractivity contribution in [2.45, 2.75) is 39.2 Å². The zero-order chi connectivity index (χ0) is 13.9. The van der Waals surface area contributed by atoms with Gasteiger partial charge in [-0.05, 0) is 18.4 Å². The maximum absolute atomic E-state index is 11.5. The second-order valence-electron chi connectivity index (χ2n) is 4.35. The maximum atomic E-state index is 11.5. The molecule has 1 amide bonds. The summed E-state index contributed by atoms with van der Waals surface area (Å²) in [5, 5.41) is 2.77. The molecule has 0 aromatic heterocycles. The molecule has 0 radical (unpaired) electrons. The molecule has 4 nitrogen and oxygen atoms in total. The van der Waals surface area contributed by atoms with E-state index in [1.165, 1.54) is 0 Å². The average Bonchev–Trinajstić information content (AvgIpc) is 2.44. The van der Waals surface area contributed by atoms with Crippen LogP contribution in [0.4, 0.5) is 0 Å². The highest BCUT2D eigenvalue weighted by molar-refractivity contribution is 5.76. The third kappa shape index (κ3) is 7.24. The number of hydrogen-bond acceptors (Lipinski definition) is 3. The highest BCUT2D eigenvalue weighted by atomic mass is 16.5. The van der Waals surface area contributed by atoms with Crippen LogP contribution in [0.5, 0.6) is 0 Å². The van der Waals surface area contributed by atoms with Crippen LogP contribution in [0, 0.1) is 0 Å². The highest BCUT2D eigenvalue weighted by Crippen LogP contribution is 2.03. The predicted octanol–water partition coefficient (Wildman–Crippen LogP) is 2.43. The van der Waals surface area contributed by atoms with Crippen molar-refractivity contribution >= 4 is 11.9 Å². The molecular formula is C15H21NO3. The van der Waals surface area contributed by atoms with Crippen molar-refractivity contribution in [3.05, 3.63) is 35.9 Å². The first-order chi connectivity index (χ1) is 9.22. The Kier molecular flexibility index (Phi) is 7.32. The first-order valence-electron chi connectivity index (χ1n) is 6.68. The van der Waals surface area contributed by atoms with E-state index < -0.39 is 0 Å². The number of nitrogens with one attached hydrogen (secondary N) is 1. The second kappa shape index (κ2) is 9.14. The molecule has 1 rings (SSSR count). The van der Waals surface area contributed by atoms with E-state index in [-0.39, 0.29) is 18.3 Å². The molecule has 0 aliphatic carbocycles. The Morgan fingerprint density at radius 2 is 1.89 bits per heavy atom. The molecule has 1 aromatic carbocycles. The molecule has 0 saturated carbocycles. The molecule has 1 N–H and O–H groups in total. The summed E-state index contributed by atoms with van der Waals surface area (Å²) >= 11 is 0. The van der Waals surface area contributed by atoms with Crippen molar-refractivity contribution in [1.29, 1.82) is 0 Å². The zero-order valence-electron chi connectivity index (χ0n) is 11.4. The van der Waals surface area contributed by atoms with Crippen LogP contribution in [0.25, 0.3) is 0 Å². The Hall–Kier alpha value is -1.84. The van der Waals surface area contributed by atoms with Crippen molar-refractivity contribution in [3.63, 3.8) is 0 Å². The number of ether oxygens (including phenoxy) is 1. The van der Waals surface area contributed by atoms with Crippen LogP contribution in [0.15, 0.2) is 30.3 Å². The van der Waals surface area contributed by atoms with Gasteiger partial charge < -0.3 is 10.1 Å². The Morgan fingerprint density at radius 1 is 1.16 bits per heavy atom. The van der Waals surface area contributed by atoms with Crippen LogP contribution in [0.2, 0.25) is 0 Å². The summed E-state index contributed by atoms with van der Waals surface area (Å²) in [5.74, 6) is -0.259. The zero-order valence-corrected chi connectivity index (χ0v) is 11.4. The molecule has 104 valence electrons. The molecule has 1 aromatic rings. The number of rotatable bonds is 8. The van der Waals surface area contributed by atoms with Gasteiger partial charge in [-0.1, -0.05) is 37.3 Å². The van der Waals surface area contributed by atoms with Crippen LogP contribution < -0.4 is 5.32 Å². The van der Waals surface area contributed by atoms with Crippen LogP contribution in [0.3, 0.4) is 0 Å². The summed E-state index contributed by atoms with van der Waals surface area (Å²) in [7, 11) is 0. The predicted molar refractivity (Wildman–Crippen MR) is 73.4 cm³/mol. The quantitative estimate of drug-likeness (QED) is 0.733. The number of benzene rings is 1. The van der Waals surface area contributed by atoms with Gasteiger partial charge in [0.2, 0.25) is 5.91 Å². The van der Waals surface area contributed by atoms with Gasteiger partial charge in [0.25, 0.3) is 0 Å². The fourth-order valence-corrected chi connectivity index (χ4v) is 1.56. The van der Waals surface area contributed by atoms with E-state index in [9.17, 15) is 9.59 Å². The van der Waals surface area contributed by atoms with E-state index >= 15 is 0 Å². The van der Waals surface area contributed by atoms with Gasteiger partial charge in [0.15, 0.2) is 0 Å². The van der Waals surface area contributed by atoms with Gasteiger partial charge in [-0.3, -0.25) is 9.59 Å². The van der Waals surface area contributed by atoms with Crippen molar-refractivity contribution in [3.8, 4) is 0 Å². The fourth-order valence-electron chi connectivity index (χ4n) is 1.56. The molecule has 4 heteroatoms. The van der Waals surface area contributed by atoms with Crippen molar-refractivity contribution in [2.24, 2.45) is 0 Å². The lowest BCUT2D eigenvalue weighted by Gasteiger charge is -2.05. The van der Waals surface area contributed by atoms with E-state index in [0.717, 1.165) is 12.0 Å². The van der Waals surface area contributed by atoms with Crippen molar-refractivity contribution in [2.75, 3.05) is 6.54 Å².